The summed E-state index contributed by atoms with van der Waals surface area (Å²) in [5.74, 6) is -0.452. The molecule has 0 spiro atoms. The van der Waals surface area contributed by atoms with Crippen molar-refractivity contribution in [1.82, 2.24) is 0 Å². The Hall–Kier alpha value is -0.515. The molecule has 0 radical (unpaired) electrons. The SMILES string of the molecule is CC(C)(C)Sc1cc(F)cc(B(O)O)c1. The van der Waals surface area contributed by atoms with Crippen LogP contribution in [0.1, 0.15) is 20.8 Å². The molecule has 0 saturated carbocycles. The van der Waals surface area contributed by atoms with Crippen LogP contribution in [0.4, 0.5) is 4.39 Å². The van der Waals surface area contributed by atoms with Gasteiger partial charge >= 0.3 is 7.12 Å². The summed E-state index contributed by atoms with van der Waals surface area (Å²) in [6.45, 7) is 6.03. The molecule has 15 heavy (non-hydrogen) atoms. The van der Waals surface area contributed by atoms with Crippen molar-refractivity contribution in [3.8, 4) is 0 Å². The first-order valence-corrected chi connectivity index (χ1v) is 5.45. The molecule has 0 aliphatic heterocycles. The molecule has 0 aliphatic rings. The minimum atomic E-state index is -1.62. The summed E-state index contributed by atoms with van der Waals surface area (Å²) in [5, 5.41) is 17.9. The van der Waals surface area contributed by atoms with Gasteiger partial charge in [-0.05, 0) is 23.7 Å². The molecule has 0 atom stereocenters. The van der Waals surface area contributed by atoms with Crippen LogP contribution in [0.25, 0.3) is 0 Å². The van der Waals surface area contributed by atoms with Crippen molar-refractivity contribution in [1.29, 1.82) is 0 Å². The molecule has 5 heteroatoms. The summed E-state index contributed by atoms with van der Waals surface area (Å²) in [5.41, 5.74) is 0.182. The van der Waals surface area contributed by atoms with Crippen LogP contribution in [0.5, 0.6) is 0 Å². The molecule has 0 amide bonds. The number of halogens is 1. The zero-order valence-electron chi connectivity index (χ0n) is 8.99. The summed E-state index contributed by atoms with van der Waals surface area (Å²) in [4.78, 5) is 0.700. The Morgan fingerprint density at radius 1 is 1.20 bits per heavy atom. The lowest BCUT2D eigenvalue weighted by molar-refractivity contribution is 0.425. The quantitative estimate of drug-likeness (QED) is 0.593. The van der Waals surface area contributed by atoms with Gasteiger partial charge in [-0.1, -0.05) is 20.8 Å². The van der Waals surface area contributed by atoms with Crippen molar-refractivity contribution in [2.75, 3.05) is 0 Å². The average Bonchev–Trinajstić information content (AvgIpc) is 1.99. The van der Waals surface area contributed by atoms with Gasteiger partial charge in [0.1, 0.15) is 5.82 Å². The molecule has 0 unspecified atom stereocenters. The van der Waals surface area contributed by atoms with Crippen molar-refractivity contribution in [3.05, 3.63) is 24.0 Å². The standard InChI is InChI=1S/C10H14BFO2S/c1-10(2,3)15-9-5-7(11(13)14)4-8(12)6-9/h4-6,13-14H,1-3H3. The Bertz CT molecular complexity index is 350. The van der Waals surface area contributed by atoms with Gasteiger partial charge in [0.15, 0.2) is 0 Å². The van der Waals surface area contributed by atoms with Gasteiger partial charge in [0.05, 0.1) is 0 Å². The largest absolute Gasteiger partial charge is 0.488 e. The van der Waals surface area contributed by atoms with Crippen molar-refractivity contribution >= 4 is 24.3 Å². The Morgan fingerprint density at radius 3 is 2.27 bits per heavy atom. The van der Waals surface area contributed by atoms with Crippen molar-refractivity contribution in [2.45, 2.75) is 30.4 Å². The van der Waals surface area contributed by atoms with E-state index in [0.717, 1.165) is 6.07 Å². The molecule has 0 fully saturated rings. The normalized spacial score (nSPS) is 11.6. The summed E-state index contributed by atoms with van der Waals surface area (Å²) in [7, 11) is -1.62. The highest BCUT2D eigenvalue weighted by Crippen LogP contribution is 2.31. The predicted octanol–water partition coefficient (Wildman–Crippen LogP) is 1.40. The molecule has 0 saturated heterocycles. The molecule has 1 aromatic carbocycles. The summed E-state index contributed by atoms with van der Waals surface area (Å²) >= 11 is 1.48. The third-order valence-electron chi connectivity index (χ3n) is 1.62. The fraction of sp³-hybridized carbons (Fsp3) is 0.400. The fourth-order valence-corrected chi connectivity index (χ4v) is 2.22. The maximum absolute atomic E-state index is 13.1. The van der Waals surface area contributed by atoms with E-state index in [2.05, 4.69) is 0 Å². The number of hydrogen-bond acceptors (Lipinski definition) is 3. The molecule has 1 aromatic rings. The molecule has 0 bridgehead atoms. The fourth-order valence-electron chi connectivity index (χ4n) is 1.15. The van der Waals surface area contributed by atoms with E-state index in [-0.39, 0.29) is 10.2 Å². The minimum Gasteiger partial charge on any atom is -0.423 e. The Balaban J connectivity index is 2.99. The van der Waals surface area contributed by atoms with Gasteiger partial charge < -0.3 is 10.0 Å². The van der Waals surface area contributed by atoms with Crippen LogP contribution in [0, 0.1) is 5.82 Å². The molecular weight excluding hydrogens is 214 g/mol. The number of benzene rings is 1. The van der Waals surface area contributed by atoms with Gasteiger partial charge in [0, 0.05) is 9.64 Å². The summed E-state index contributed by atoms with van der Waals surface area (Å²) in [6, 6.07) is 4.10. The molecule has 82 valence electrons. The van der Waals surface area contributed by atoms with Gasteiger partial charge in [-0.15, -0.1) is 11.8 Å². The van der Waals surface area contributed by atoms with Crippen molar-refractivity contribution in [2.24, 2.45) is 0 Å². The number of rotatable bonds is 2. The maximum Gasteiger partial charge on any atom is 0.488 e. The zero-order chi connectivity index (χ0) is 11.6. The highest BCUT2D eigenvalue weighted by Gasteiger charge is 2.17. The Labute approximate surface area is 93.7 Å². The van der Waals surface area contributed by atoms with E-state index in [9.17, 15) is 4.39 Å². The lowest BCUT2D eigenvalue weighted by atomic mass is 9.80. The van der Waals surface area contributed by atoms with Gasteiger partial charge in [0.2, 0.25) is 0 Å². The second-order valence-corrected chi connectivity index (χ2v) is 6.21. The smallest absolute Gasteiger partial charge is 0.423 e. The molecule has 2 nitrogen and oxygen atoms in total. The van der Waals surface area contributed by atoms with Gasteiger partial charge in [0.25, 0.3) is 0 Å². The third-order valence-corrected chi connectivity index (χ3v) is 2.70. The number of hydrogen-bond donors (Lipinski definition) is 2. The van der Waals surface area contributed by atoms with E-state index in [4.69, 9.17) is 10.0 Å². The zero-order valence-corrected chi connectivity index (χ0v) is 9.81. The molecule has 0 aromatic heterocycles. The summed E-state index contributed by atoms with van der Waals surface area (Å²) < 4.78 is 13.1. The van der Waals surface area contributed by atoms with Crippen LogP contribution < -0.4 is 5.46 Å². The number of thioether (sulfide) groups is 1. The average molecular weight is 228 g/mol. The molecular formula is C10H14BFO2S. The lowest BCUT2D eigenvalue weighted by Gasteiger charge is -2.18. The topological polar surface area (TPSA) is 40.5 Å². The first-order chi connectivity index (χ1) is 6.78. The van der Waals surface area contributed by atoms with Gasteiger partial charge in [-0.3, -0.25) is 0 Å². The Morgan fingerprint density at radius 2 is 1.80 bits per heavy atom. The van der Waals surface area contributed by atoms with Crippen LogP contribution in [-0.4, -0.2) is 21.9 Å². The summed E-state index contributed by atoms with van der Waals surface area (Å²) in [6.07, 6.45) is 0. The van der Waals surface area contributed by atoms with E-state index in [0.29, 0.717) is 4.90 Å². The van der Waals surface area contributed by atoms with E-state index in [1.807, 2.05) is 20.8 Å². The van der Waals surface area contributed by atoms with E-state index < -0.39 is 12.9 Å². The van der Waals surface area contributed by atoms with Crippen LogP contribution in [-0.2, 0) is 0 Å². The van der Waals surface area contributed by atoms with E-state index in [1.165, 1.54) is 17.8 Å². The predicted molar refractivity (Wildman–Crippen MR) is 61.8 cm³/mol. The maximum atomic E-state index is 13.1. The van der Waals surface area contributed by atoms with E-state index >= 15 is 0 Å². The molecule has 0 heterocycles. The van der Waals surface area contributed by atoms with Crippen molar-refractivity contribution < 1.29 is 14.4 Å². The Kier molecular flexibility index (Phi) is 3.81. The second kappa shape index (κ2) is 4.55. The first kappa shape index (κ1) is 12.6. The van der Waals surface area contributed by atoms with Crippen LogP contribution >= 0.6 is 11.8 Å². The lowest BCUT2D eigenvalue weighted by Crippen LogP contribution is -2.30. The van der Waals surface area contributed by atoms with Crippen LogP contribution in [0.2, 0.25) is 0 Å². The molecule has 1 rings (SSSR count). The minimum absolute atomic E-state index is 0.0362. The van der Waals surface area contributed by atoms with Crippen LogP contribution in [0.15, 0.2) is 23.1 Å². The monoisotopic (exact) mass is 228 g/mol. The third kappa shape index (κ3) is 4.24. The highest BCUT2D eigenvalue weighted by atomic mass is 32.2. The first-order valence-electron chi connectivity index (χ1n) is 4.63. The highest BCUT2D eigenvalue weighted by molar-refractivity contribution is 8.00. The van der Waals surface area contributed by atoms with Crippen LogP contribution in [0.3, 0.4) is 0 Å². The van der Waals surface area contributed by atoms with E-state index in [1.54, 1.807) is 6.07 Å². The second-order valence-electron chi connectivity index (χ2n) is 4.31. The molecule has 0 aliphatic carbocycles. The molecule has 2 N–H and O–H groups in total. The van der Waals surface area contributed by atoms with Gasteiger partial charge in [-0.2, -0.15) is 0 Å². The van der Waals surface area contributed by atoms with Crippen molar-refractivity contribution in [3.63, 3.8) is 0 Å². The van der Waals surface area contributed by atoms with Gasteiger partial charge in [-0.25, -0.2) is 4.39 Å².